The molecule has 0 radical (unpaired) electrons. The maximum Gasteiger partial charge on any atom is 0.404 e. The maximum atomic E-state index is 12.3. The molecule has 0 aliphatic carbocycles. The first-order chi connectivity index (χ1) is 12.1. The lowest BCUT2D eigenvalue weighted by Gasteiger charge is -2.17. The molecule has 0 spiro atoms. The number of rotatable bonds is 5. The molecule has 2 aromatic rings. The van der Waals surface area contributed by atoms with E-state index in [1.807, 2.05) is 52.9 Å². The van der Waals surface area contributed by atoms with E-state index in [1.165, 1.54) is 0 Å². The van der Waals surface area contributed by atoms with Crippen LogP contribution in [0.4, 0.5) is 13.2 Å². The van der Waals surface area contributed by atoms with Crippen molar-refractivity contribution in [2.24, 2.45) is 7.05 Å². The summed E-state index contributed by atoms with van der Waals surface area (Å²) in [6, 6.07) is 9.87. The summed E-state index contributed by atoms with van der Waals surface area (Å²) >= 11 is 0. The number of para-hydroxylation sites is 1. The average Bonchev–Trinajstić information content (AvgIpc) is 2.89. The second-order valence-corrected chi connectivity index (χ2v) is 7.93. The third kappa shape index (κ3) is 4.28. The van der Waals surface area contributed by atoms with Gasteiger partial charge in [-0.1, -0.05) is 18.2 Å². The van der Waals surface area contributed by atoms with E-state index >= 15 is 0 Å². The summed E-state index contributed by atoms with van der Waals surface area (Å²) in [5.74, 6) is -1.88. The number of benzene rings is 1. The van der Waals surface area contributed by atoms with Gasteiger partial charge in [0.15, 0.2) is 5.75 Å². The molecular formula is C17H18F3N3O2S. The van der Waals surface area contributed by atoms with Crippen LogP contribution < -0.4 is 10.0 Å². The van der Waals surface area contributed by atoms with E-state index in [0.717, 1.165) is 22.2 Å². The van der Waals surface area contributed by atoms with E-state index in [-0.39, 0.29) is 6.54 Å². The molecule has 1 aliphatic heterocycles. The molecule has 2 N–H and O–H groups in total. The minimum Gasteiger partial charge on any atom is -0.387 e. The zero-order chi connectivity index (χ0) is 18.9. The summed E-state index contributed by atoms with van der Waals surface area (Å²) in [5, 5.41) is 4.11. The van der Waals surface area contributed by atoms with Gasteiger partial charge in [0.1, 0.15) is 0 Å². The Balaban J connectivity index is 1.78. The Morgan fingerprint density at radius 2 is 2.00 bits per heavy atom. The summed E-state index contributed by atoms with van der Waals surface area (Å²) in [6.07, 6.45) is -1.16. The van der Waals surface area contributed by atoms with Crippen LogP contribution in [0, 0.1) is 0 Å². The van der Waals surface area contributed by atoms with E-state index in [4.69, 9.17) is 0 Å². The van der Waals surface area contributed by atoms with Gasteiger partial charge in [-0.05, 0) is 23.8 Å². The Morgan fingerprint density at radius 1 is 1.27 bits per heavy atom. The molecule has 0 fully saturated rings. The molecule has 5 nitrogen and oxygen atoms in total. The number of dihydropyridines is 1. The molecule has 26 heavy (non-hydrogen) atoms. The van der Waals surface area contributed by atoms with Crippen LogP contribution in [0.15, 0.2) is 48.2 Å². The van der Waals surface area contributed by atoms with Gasteiger partial charge in [0, 0.05) is 42.8 Å². The molecule has 1 aromatic carbocycles. The van der Waals surface area contributed by atoms with Gasteiger partial charge in [0.25, 0.3) is 0 Å². The number of nitrogens with one attached hydrogen (secondary N) is 2. The van der Waals surface area contributed by atoms with Crippen molar-refractivity contribution in [2.75, 3.05) is 18.8 Å². The molecule has 0 unspecified atom stereocenters. The first kappa shape index (κ1) is 18.5. The van der Waals surface area contributed by atoms with Crippen LogP contribution in [0.2, 0.25) is 0 Å². The summed E-state index contributed by atoms with van der Waals surface area (Å²) in [5.41, 5.74) is 3.46. The lowest BCUT2D eigenvalue weighted by molar-refractivity contribution is -0.106. The highest BCUT2D eigenvalue weighted by atomic mass is 32.2. The Bertz CT molecular complexity index is 988. The zero-order valence-electron chi connectivity index (χ0n) is 14.0. The molecule has 0 saturated carbocycles. The van der Waals surface area contributed by atoms with Gasteiger partial charge in [-0.25, -0.2) is 13.1 Å². The largest absolute Gasteiger partial charge is 0.404 e. The van der Waals surface area contributed by atoms with Crippen LogP contribution >= 0.6 is 0 Å². The molecule has 140 valence electrons. The molecule has 3 rings (SSSR count). The molecule has 0 bridgehead atoms. The summed E-state index contributed by atoms with van der Waals surface area (Å²) < 4.78 is 63.9. The Labute approximate surface area is 149 Å². The number of halogens is 3. The topological polar surface area (TPSA) is 63.1 Å². The molecule has 1 aliphatic rings. The first-order valence-electron chi connectivity index (χ1n) is 7.86. The van der Waals surface area contributed by atoms with E-state index in [9.17, 15) is 21.6 Å². The number of hydrogen-bond acceptors (Lipinski definition) is 3. The SMILES string of the molecule is Cn1c(C2=CNCC(CNS(=O)(=O)CC(F)(F)F)=C2)cc2ccccc21. The second kappa shape index (κ2) is 6.81. The van der Waals surface area contributed by atoms with Crippen LogP contribution in [-0.4, -0.2) is 38.0 Å². The van der Waals surface area contributed by atoms with Gasteiger partial charge >= 0.3 is 6.18 Å². The number of sulfonamides is 1. The molecule has 2 heterocycles. The Hall–Kier alpha value is -2.26. The highest BCUT2D eigenvalue weighted by molar-refractivity contribution is 7.89. The Kier molecular flexibility index (Phi) is 4.85. The number of alkyl halides is 3. The number of aromatic nitrogens is 1. The molecule has 0 amide bonds. The monoisotopic (exact) mass is 385 g/mol. The number of nitrogens with zero attached hydrogens (tertiary/aromatic N) is 1. The van der Waals surface area contributed by atoms with Crippen molar-refractivity contribution < 1.29 is 21.6 Å². The van der Waals surface area contributed by atoms with Crippen molar-refractivity contribution in [1.29, 1.82) is 0 Å². The minimum absolute atomic E-state index is 0.174. The number of hydrogen-bond donors (Lipinski definition) is 2. The van der Waals surface area contributed by atoms with Crippen molar-refractivity contribution >= 4 is 26.5 Å². The smallest absolute Gasteiger partial charge is 0.387 e. The zero-order valence-corrected chi connectivity index (χ0v) is 14.8. The van der Waals surface area contributed by atoms with Gasteiger partial charge in [-0.2, -0.15) is 13.2 Å². The molecule has 0 saturated heterocycles. The van der Waals surface area contributed by atoms with Gasteiger partial charge in [-0.15, -0.1) is 0 Å². The van der Waals surface area contributed by atoms with Crippen LogP contribution in [0.5, 0.6) is 0 Å². The lowest BCUT2D eigenvalue weighted by Crippen LogP contribution is -2.36. The van der Waals surface area contributed by atoms with Crippen LogP contribution in [0.25, 0.3) is 16.5 Å². The standard InChI is InChI=1S/C17H18F3N3O2S/c1-23-15-5-3-2-4-13(15)7-16(23)14-6-12(8-21-10-14)9-22-26(24,25)11-17(18,19)20/h2-7,10,21-22H,8-9,11H2,1H3. The maximum absolute atomic E-state index is 12.3. The summed E-state index contributed by atoms with van der Waals surface area (Å²) in [4.78, 5) is 0. The molecular weight excluding hydrogens is 367 g/mol. The van der Waals surface area contributed by atoms with Gasteiger partial charge in [0.05, 0.1) is 5.69 Å². The molecule has 0 atom stereocenters. The normalized spacial score (nSPS) is 15.5. The predicted molar refractivity (Wildman–Crippen MR) is 94.8 cm³/mol. The quantitative estimate of drug-likeness (QED) is 0.832. The third-order valence-corrected chi connectivity index (χ3v) is 5.36. The fourth-order valence-electron chi connectivity index (χ4n) is 2.90. The van der Waals surface area contributed by atoms with Crippen molar-refractivity contribution in [3.63, 3.8) is 0 Å². The van der Waals surface area contributed by atoms with Crippen LogP contribution in [0.1, 0.15) is 5.69 Å². The van der Waals surface area contributed by atoms with Crippen molar-refractivity contribution in [1.82, 2.24) is 14.6 Å². The Morgan fingerprint density at radius 3 is 2.69 bits per heavy atom. The highest BCUT2D eigenvalue weighted by Crippen LogP contribution is 2.26. The first-order valence-corrected chi connectivity index (χ1v) is 9.52. The van der Waals surface area contributed by atoms with Crippen molar-refractivity contribution in [3.8, 4) is 0 Å². The predicted octanol–water partition coefficient (Wildman–Crippen LogP) is 2.53. The molecule has 1 aromatic heterocycles. The van der Waals surface area contributed by atoms with Crippen LogP contribution in [0.3, 0.4) is 0 Å². The van der Waals surface area contributed by atoms with Gasteiger partial charge in [-0.3, -0.25) is 0 Å². The van der Waals surface area contributed by atoms with Gasteiger partial charge in [0.2, 0.25) is 10.0 Å². The second-order valence-electron chi connectivity index (χ2n) is 6.13. The van der Waals surface area contributed by atoms with E-state index in [0.29, 0.717) is 12.1 Å². The fraction of sp³-hybridized carbons (Fsp3) is 0.294. The third-order valence-electron chi connectivity index (χ3n) is 4.07. The van der Waals surface area contributed by atoms with Crippen LogP contribution in [-0.2, 0) is 17.1 Å². The van der Waals surface area contributed by atoms with E-state index < -0.39 is 22.0 Å². The summed E-state index contributed by atoms with van der Waals surface area (Å²) in [6.45, 7) is 0.189. The number of aryl methyl sites for hydroxylation is 1. The van der Waals surface area contributed by atoms with Crippen molar-refractivity contribution in [2.45, 2.75) is 6.18 Å². The summed E-state index contributed by atoms with van der Waals surface area (Å²) in [7, 11) is -2.49. The number of fused-ring (bicyclic) bond motifs is 1. The average molecular weight is 385 g/mol. The van der Waals surface area contributed by atoms with Crippen molar-refractivity contribution in [3.05, 3.63) is 53.9 Å². The fourth-order valence-corrected chi connectivity index (χ4v) is 3.84. The minimum atomic E-state index is -4.76. The van der Waals surface area contributed by atoms with E-state index in [2.05, 4.69) is 5.32 Å². The van der Waals surface area contributed by atoms with Gasteiger partial charge < -0.3 is 9.88 Å². The number of allylic oxidation sites excluding steroid dienone is 2. The molecule has 9 heteroatoms. The highest BCUT2D eigenvalue weighted by Gasteiger charge is 2.35. The van der Waals surface area contributed by atoms with E-state index in [1.54, 1.807) is 6.08 Å². The lowest BCUT2D eigenvalue weighted by atomic mass is 10.1.